The van der Waals surface area contributed by atoms with Gasteiger partial charge in [0, 0.05) is 52.4 Å². The SMILES string of the molecule is Cc1nc2ccccc2n1-c1nc(N2CCOCC2)c2nc(CN3CCC(N4CCOCC4)CC3)n(C)c2n1. The molecule has 3 saturated heterocycles. The highest BCUT2D eigenvalue weighted by Crippen LogP contribution is 2.29. The average molecular weight is 532 g/mol. The van der Waals surface area contributed by atoms with E-state index in [9.17, 15) is 0 Å². The molecule has 1 aromatic carbocycles. The van der Waals surface area contributed by atoms with Gasteiger partial charge in [-0.25, -0.2) is 9.97 Å². The Labute approximate surface area is 228 Å². The Balaban J connectivity index is 1.22. The van der Waals surface area contributed by atoms with Gasteiger partial charge in [-0.2, -0.15) is 9.97 Å². The number of benzene rings is 1. The molecule has 3 aliphatic heterocycles. The van der Waals surface area contributed by atoms with Crippen molar-refractivity contribution in [3.8, 4) is 5.95 Å². The van der Waals surface area contributed by atoms with E-state index in [2.05, 4.69) is 36.9 Å². The van der Waals surface area contributed by atoms with E-state index < -0.39 is 0 Å². The van der Waals surface area contributed by atoms with Gasteiger partial charge in [-0.1, -0.05) is 12.1 Å². The second kappa shape index (κ2) is 10.5. The van der Waals surface area contributed by atoms with Gasteiger partial charge in [0.2, 0.25) is 5.95 Å². The molecule has 4 aromatic rings. The molecule has 11 nitrogen and oxygen atoms in total. The molecule has 0 bridgehead atoms. The Bertz CT molecular complexity index is 1460. The number of fused-ring (bicyclic) bond motifs is 2. The normalized spacial score (nSPS) is 20.4. The Morgan fingerprint density at radius 1 is 0.846 bits per heavy atom. The standard InChI is InChI=1S/C28H37N9O2/c1-20-29-22-5-3-4-6-23(22)37(20)28-31-26-25(27(32-28)36-13-17-39-18-14-36)30-24(33(26)2)19-34-9-7-21(8-10-34)35-11-15-38-16-12-35/h3-6,21H,7-19H2,1-2H3. The highest BCUT2D eigenvalue weighted by molar-refractivity contribution is 5.86. The molecule has 0 spiro atoms. The predicted octanol–water partition coefficient (Wildman–Crippen LogP) is 2.14. The first-order chi connectivity index (χ1) is 19.2. The number of piperidine rings is 1. The molecule has 3 aromatic heterocycles. The second-order valence-electron chi connectivity index (χ2n) is 10.8. The molecule has 3 fully saturated rings. The summed E-state index contributed by atoms with van der Waals surface area (Å²) in [5, 5.41) is 0. The van der Waals surface area contributed by atoms with Gasteiger partial charge < -0.3 is 18.9 Å². The fraction of sp³-hybridized carbons (Fsp3) is 0.571. The number of nitrogens with zero attached hydrogens (tertiary/aromatic N) is 9. The number of para-hydroxylation sites is 2. The third-order valence-corrected chi connectivity index (χ3v) is 8.50. The number of morpholine rings is 2. The summed E-state index contributed by atoms with van der Waals surface area (Å²) in [7, 11) is 2.09. The molecule has 0 N–H and O–H groups in total. The van der Waals surface area contributed by atoms with E-state index in [0.29, 0.717) is 25.2 Å². The maximum Gasteiger partial charge on any atom is 0.239 e. The van der Waals surface area contributed by atoms with Crippen LogP contribution in [0.4, 0.5) is 5.82 Å². The summed E-state index contributed by atoms with van der Waals surface area (Å²) in [6.45, 7) is 11.8. The lowest BCUT2D eigenvalue weighted by molar-refractivity contribution is -0.0000147. The average Bonchev–Trinajstić information content (AvgIpc) is 3.49. The lowest BCUT2D eigenvalue weighted by atomic mass is 10.0. The molecule has 39 heavy (non-hydrogen) atoms. The van der Waals surface area contributed by atoms with Gasteiger partial charge in [-0.05, 0) is 31.9 Å². The Morgan fingerprint density at radius 2 is 1.56 bits per heavy atom. The topological polar surface area (TPSA) is 89.6 Å². The minimum atomic E-state index is 0.635. The summed E-state index contributed by atoms with van der Waals surface area (Å²) < 4.78 is 15.4. The van der Waals surface area contributed by atoms with Crippen LogP contribution in [0, 0.1) is 6.92 Å². The minimum Gasteiger partial charge on any atom is -0.379 e. The fourth-order valence-corrected chi connectivity index (χ4v) is 6.30. The van der Waals surface area contributed by atoms with Crippen LogP contribution in [-0.2, 0) is 23.1 Å². The van der Waals surface area contributed by atoms with Gasteiger partial charge in [-0.15, -0.1) is 0 Å². The van der Waals surface area contributed by atoms with E-state index in [-0.39, 0.29) is 0 Å². The molecular formula is C28H37N9O2. The van der Waals surface area contributed by atoms with E-state index in [4.69, 9.17) is 29.4 Å². The summed E-state index contributed by atoms with van der Waals surface area (Å²) in [6, 6.07) is 8.82. The minimum absolute atomic E-state index is 0.635. The van der Waals surface area contributed by atoms with Crippen LogP contribution in [0.5, 0.6) is 0 Å². The van der Waals surface area contributed by atoms with Crippen LogP contribution in [0.1, 0.15) is 24.5 Å². The van der Waals surface area contributed by atoms with Crippen LogP contribution < -0.4 is 4.90 Å². The van der Waals surface area contributed by atoms with Crippen molar-refractivity contribution >= 4 is 28.0 Å². The lowest BCUT2D eigenvalue weighted by Gasteiger charge is -2.39. The zero-order valence-electron chi connectivity index (χ0n) is 22.9. The van der Waals surface area contributed by atoms with Crippen LogP contribution in [0.3, 0.4) is 0 Å². The van der Waals surface area contributed by atoms with Gasteiger partial charge in [0.1, 0.15) is 11.6 Å². The van der Waals surface area contributed by atoms with E-state index in [0.717, 1.165) is 98.7 Å². The quantitative estimate of drug-likeness (QED) is 0.384. The van der Waals surface area contributed by atoms with Crippen LogP contribution in [0.2, 0.25) is 0 Å². The summed E-state index contributed by atoms with van der Waals surface area (Å²) in [4.78, 5) is 27.6. The second-order valence-corrected chi connectivity index (χ2v) is 10.8. The summed E-state index contributed by atoms with van der Waals surface area (Å²) in [6.07, 6.45) is 2.39. The van der Waals surface area contributed by atoms with E-state index in [1.807, 2.05) is 25.1 Å². The number of ether oxygens (including phenoxy) is 2. The zero-order chi connectivity index (χ0) is 26.3. The highest BCUT2D eigenvalue weighted by Gasteiger charge is 2.28. The number of aromatic nitrogens is 6. The van der Waals surface area contributed by atoms with Crippen molar-refractivity contribution in [3.05, 3.63) is 35.9 Å². The molecule has 0 amide bonds. The predicted molar refractivity (Wildman–Crippen MR) is 149 cm³/mol. The summed E-state index contributed by atoms with van der Waals surface area (Å²) in [5.41, 5.74) is 3.67. The van der Waals surface area contributed by atoms with Crippen molar-refractivity contribution in [2.45, 2.75) is 32.4 Å². The molecule has 0 aliphatic carbocycles. The molecule has 7 rings (SSSR count). The van der Waals surface area contributed by atoms with Crippen molar-refractivity contribution in [2.24, 2.45) is 7.05 Å². The van der Waals surface area contributed by atoms with Crippen molar-refractivity contribution in [1.29, 1.82) is 0 Å². The molecule has 3 aliphatic rings. The first-order valence-corrected chi connectivity index (χ1v) is 14.2. The maximum absolute atomic E-state index is 5.65. The third kappa shape index (κ3) is 4.67. The zero-order valence-corrected chi connectivity index (χ0v) is 22.9. The number of likely N-dealkylation sites (tertiary alicyclic amines) is 1. The number of hydrogen-bond donors (Lipinski definition) is 0. The first kappa shape index (κ1) is 24.9. The van der Waals surface area contributed by atoms with Crippen molar-refractivity contribution in [2.75, 3.05) is 70.6 Å². The van der Waals surface area contributed by atoms with Gasteiger partial charge >= 0.3 is 0 Å². The number of imidazole rings is 2. The molecule has 0 saturated carbocycles. The Kier molecular flexibility index (Phi) is 6.67. The van der Waals surface area contributed by atoms with Crippen LogP contribution >= 0.6 is 0 Å². The Morgan fingerprint density at radius 3 is 2.33 bits per heavy atom. The number of rotatable bonds is 5. The van der Waals surface area contributed by atoms with E-state index in [1.165, 1.54) is 12.8 Å². The van der Waals surface area contributed by atoms with E-state index >= 15 is 0 Å². The van der Waals surface area contributed by atoms with Crippen LogP contribution in [-0.4, -0.2) is 111 Å². The molecule has 6 heterocycles. The molecule has 206 valence electrons. The Hall–Kier alpha value is -3.12. The van der Waals surface area contributed by atoms with Crippen molar-refractivity contribution in [1.82, 2.24) is 38.9 Å². The molecule has 0 unspecified atom stereocenters. The van der Waals surface area contributed by atoms with Gasteiger partial charge in [0.25, 0.3) is 0 Å². The molecule has 0 atom stereocenters. The van der Waals surface area contributed by atoms with Crippen LogP contribution in [0.25, 0.3) is 28.1 Å². The van der Waals surface area contributed by atoms with Gasteiger partial charge in [-0.3, -0.25) is 14.4 Å². The molecular weight excluding hydrogens is 494 g/mol. The fourth-order valence-electron chi connectivity index (χ4n) is 6.30. The largest absolute Gasteiger partial charge is 0.379 e. The maximum atomic E-state index is 5.65. The number of anilines is 1. The first-order valence-electron chi connectivity index (χ1n) is 14.2. The monoisotopic (exact) mass is 531 g/mol. The number of hydrogen-bond acceptors (Lipinski definition) is 9. The van der Waals surface area contributed by atoms with Gasteiger partial charge in [0.15, 0.2) is 17.0 Å². The van der Waals surface area contributed by atoms with E-state index in [1.54, 1.807) is 0 Å². The van der Waals surface area contributed by atoms with Gasteiger partial charge in [0.05, 0.1) is 44.0 Å². The molecule has 11 heteroatoms. The number of aryl methyl sites for hydroxylation is 2. The third-order valence-electron chi connectivity index (χ3n) is 8.50. The smallest absolute Gasteiger partial charge is 0.239 e. The van der Waals surface area contributed by atoms with Crippen molar-refractivity contribution < 1.29 is 9.47 Å². The summed E-state index contributed by atoms with van der Waals surface area (Å²) >= 11 is 0. The highest BCUT2D eigenvalue weighted by atomic mass is 16.5. The molecule has 0 radical (unpaired) electrons. The van der Waals surface area contributed by atoms with Crippen molar-refractivity contribution in [3.63, 3.8) is 0 Å². The summed E-state index contributed by atoms with van der Waals surface area (Å²) in [5.74, 6) is 3.41. The van der Waals surface area contributed by atoms with Crippen LogP contribution in [0.15, 0.2) is 24.3 Å². The lowest BCUT2D eigenvalue weighted by Crippen LogP contribution is -2.48.